The third-order valence-electron chi connectivity index (χ3n) is 14.3. The molecule has 3 rings (SSSR count). The van der Waals surface area contributed by atoms with Gasteiger partial charge in [0.1, 0.15) is 73.2 Å². The first-order chi connectivity index (χ1) is 35.3. The number of aliphatic hydroxyl groups excluding tert-OH is 11. The summed E-state index contributed by atoms with van der Waals surface area (Å²) in [5.41, 5.74) is 0. The van der Waals surface area contributed by atoms with Crippen LogP contribution in [0.1, 0.15) is 181 Å². The minimum Gasteiger partial charge on any atom is -0.394 e. The number of aliphatic hydroxyl groups is 11. The lowest BCUT2D eigenvalue weighted by Crippen LogP contribution is -2.66. The maximum Gasteiger partial charge on any atom is 0.220 e. The molecule has 17 unspecified atom stereocenters. The Balaban J connectivity index is 1.31. The van der Waals surface area contributed by atoms with Crippen molar-refractivity contribution in [2.24, 2.45) is 0 Å². The molecule has 73 heavy (non-hydrogen) atoms. The molecule has 0 spiro atoms. The number of ether oxygens (including phenoxy) is 6. The average Bonchev–Trinajstić information content (AvgIpc) is 3.39. The molecular formula is C54H99NO18. The van der Waals surface area contributed by atoms with E-state index in [0.717, 1.165) is 19.3 Å². The van der Waals surface area contributed by atoms with E-state index in [9.17, 15) is 61.0 Å². The largest absolute Gasteiger partial charge is 0.394 e. The second-order valence-electron chi connectivity index (χ2n) is 20.4. The molecular weight excluding hydrogens is 951 g/mol. The van der Waals surface area contributed by atoms with Crippen LogP contribution in [-0.4, -0.2) is 193 Å². The Morgan fingerprint density at radius 1 is 0.479 bits per heavy atom. The van der Waals surface area contributed by atoms with Crippen LogP contribution in [0.2, 0.25) is 0 Å². The first-order valence-electron chi connectivity index (χ1n) is 28.1. The second-order valence-corrected chi connectivity index (χ2v) is 20.4. The summed E-state index contributed by atoms with van der Waals surface area (Å²) < 4.78 is 33.7. The topological polar surface area (TPSA) is 307 Å². The molecule has 0 radical (unpaired) electrons. The Morgan fingerprint density at radius 3 is 1.32 bits per heavy atom. The highest BCUT2D eigenvalue weighted by Gasteiger charge is 2.53. The van der Waals surface area contributed by atoms with Crippen LogP contribution in [0, 0.1) is 0 Å². The van der Waals surface area contributed by atoms with E-state index in [0.29, 0.717) is 6.42 Å². The van der Waals surface area contributed by atoms with E-state index in [1.807, 2.05) is 6.08 Å². The lowest BCUT2D eigenvalue weighted by atomic mass is 9.96. The Hall–Kier alpha value is -1.73. The molecule has 3 aliphatic rings. The van der Waals surface area contributed by atoms with Crippen molar-refractivity contribution in [3.05, 3.63) is 24.3 Å². The summed E-state index contributed by atoms with van der Waals surface area (Å²) in [6.07, 6.45) is 13.5. The van der Waals surface area contributed by atoms with Gasteiger partial charge in [0.15, 0.2) is 18.9 Å². The van der Waals surface area contributed by atoms with Crippen LogP contribution < -0.4 is 5.32 Å². The molecule has 19 nitrogen and oxygen atoms in total. The number of carbonyl (C=O) groups is 1. The quantitative estimate of drug-likeness (QED) is 0.0308. The second kappa shape index (κ2) is 38.8. The molecule has 3 saturated heterocycles. The van der Waals surface area contributed by atoms with Gasteiger partial charge in [-0.05, 0) is 25.7 Å². The Morgan fingerprint density at radius 2 is 0.863 bits per heavy atom. The minimum absolute atomic E-state index is 0.117. The van der Waals surface area contributed by atoms with Crippen LogP contribution in [0.25, 0.3) is 0 Å². The molecule has 0 aliphatic carbocycles. The van der Waals surface area contributed by atoms with Crippen LogP contribution in [0.15, 0.2) is 24.3 Å². The zero-order chi connectivity index (χ0) is 53.4. The SMILES string of the molecule is CCCCCCCCCCCCCCCCCCCCCCCC/C=C/CC/C=C/C(O)C(COC1OC(CO)C(OC2OC(CO)C(OC3OC(CO)C(O)C(O)C3O)C(O)C2O)C(O)C1O)NC(=O)CC. The van der Waals surface area contributed by atoms with Gasteiger partial charge in [-0.1, -0.05) is 173 Å². The lowest BCUT2D eigenvalue weighted by molar-refractivity contribution is -0.379. The van der Waals surface area contributed by atoms with Crippen LogP contribution in [0.5, 0.6) is 0 Å². The van der Waals surface area contributed by atoms with Crippen molar-refractivity contribution in [2.75, 3.05) is 26.4 Å². The molecule has 0 aromatic carbocycles. The van der Waals surface area contributed by atoms with E-state index in [-0.39, 0.29) is 18.9 Å². The van der Waals surface area contributed by atoms with Crippen molar-refractivity contribution < 1.29 is 89.4 Å². The fourth-order valence-electron chi connectivity index (χ4n) is 9.58. The van der Waals surface area contributed by atoms with Gasteiger partial charge >= 0.3 is 0 Å². The average molecular weight is 1050 g/mol. The number of carbonyl (C=O) groups excluding carboxylic acids is 1. The maximum atomic E-state index is 12.4. The molecule has 1 amide bonds. The van der Waals surface area contributed by atoms with Crippen molar-refractivity contribution >= 4 is 5.91 Å². The first kappa shape index (κ1) is 65.6. The highest BCUT2D eigenvalue weighted by atomic mass is 16.8. The predicted octanol–water partition coefficient (Wildman–Crippen LogP) is 3.59. The van der Waals surface area contributed by atoms with Gasteiger partial charge in [0, 0.05) is 6.42 Å². The first-order valence-corrected chi connectivity index (χ1v) is 28.1. The predicted molar refractivity (Wildman–Crippen MR) is 273 cm³/mol. The number of amides is 1. The normalized spacial score (nSPS) is 31.9. The van der Waals surface area contributed by atoms with Gasteiger partial charge in [-0.25, -0.2) is 0 Å². The highest BCUT2D eigenvalue weighted by Crippen LogP contribution is 2.33. The minimum atomic E-state index is -1.98. The molecule has 0 aromatic rings. The standard InChI is InChI=1S/C54H99NO18/c1-3-5-6-7-8-9-10-11-12-13-14-15-16-17-18-19-20-21-22-23-24-25-26-27-28-29-30-31-32-38(59)37(55-42(60)4-2)36-68-52-48(66)45(63)50(40(34-57)70-52)73-54-49(67)46(64)51(41(35-58)71-54)72-53-47(65)44(62)43(61)39(33-56)69-53/h27-28,31-32,37-41,43-54,56-59,61-67H,3-26,29-30,33-36H2,1-2H3,(H,55,60)/b28-27+,32-31+. The molecule has 3 aliphatic heterocycles. The van der Waals surface area contributed by atoms with Gasteiger partial charge in [-0.15, -0.1) is 0 Å². The maximum absolute atomic E-state index is 12.4. The Kier molecular flexibility index (Phi) is 34.8. The van der Waals surface area contributed by atoms with E-state index >= 15 is 0 Å². The zero-order valence-corrected chi connectivity index (χ0v) is 44.1. The summed E-state index contributed by atoms with van der Waals surface area (Å²) in [5, 5.41) is 118. The van der Waals surface area contributed by atoms with Crippen molar-refractivity contribution in [3.63, 3.8) is 0 Å². The summed E-state index contributed by atoms with van der Waals surface area (Å²) in [4.78, 5) is 12.4. The van der Waals surface area contributed by atoms with Crippen LogP contribution in [0.4, 0.5) is 0 Å². The summed E-state index contributed by atoms with van der Waals surface area (Å²) in [6.45, 7) is 1.12. The molecule has 0 bridgehead atoms. The number of unbranched alkanes of at least 4 members (excludes halogenated alkanes) is 23. The van der Waals surface area contributed by atoms with Gasteiger partial charge < -0.3 is 89.9 Å². The van der Waals surface area contributed by atoms with E-state index < -0.39 is 124 Å². The number of hydrogen-bond donors (Lipinski definition) is 12. The van der Waals surface area contributed by atoms with Gasteiger partial charge in [-0.3, -0.25) is 4.79 Å². The third-order valence-corrected chi connectivity index (χ3v) is 14.3. The van der Waals surface area contributed by atoms with E-state index in [2.05, 4.69) is 24.4 Å². The van der Waals surface area contributed by atoms with E-state index in [1.165, 1.54) is 135 Å². The number of hydrogen-bond acceptors (Lipinski definition) is 18. The smallest absolute Gasteiger partial charge is 0.220 e. The van der Waals surface area contributed by atoms with Crippen LogP contribution in [-0.2, 0) is 33.2 Å². The van der Waals surface area contributed by atoms with Gasteiger partial charge in [0.05, 0.1) is 38.6 Å². The Bertz CT molecular complexity index is 1440. The Labute approximate surface area is 435 Å². The molecule has 0 saturated carbocycles. The number of allylic oxidation sites excluding steroid dienone is 3. The van der Waals surface area contributed by atoms with Gasteiger partial charge in [0.2, 0.25) is 5.91 Å². The summed E-state index contributed by atoms with van der Waals surface area (Å²) >= 11 is 0. The number of rotatable bonds is 40. The lowest BCUT2D eigenvalue weighted by Gasteiger charge is -2.48. The molecule has 17 atom stereocenters. The van der Waals surface area contributed by atoms with Gasteiger partial charge in [0.25, 0.3) is 0 Å². The zero-order valence-electron chi connectivity index (χ0n) is 44.1. The van der Waals surface area contributed by atoms with Crippen molar-refractivity contribution in [3.8, 4) is 0 Å². The molecule has 0 aromatic heterocycles. The van der Waals surface area contributed by atoms with Crippen molar-refractivity contribution in [2.45, 2.75) is 285 Å². The number of nitrogens with one attached hydrogen (secondary N) is 1. The van der Waals surface area contributed by atoms with Crippen LogP contribution >= 0.6 is 0 Å². The molecule has 3 fully saturated rings. The highest BCUT2D eigenvalue weighted by molar-refractivity contribution is 5.75. The van der Waals surface area contributed by atoms with Gasteiger partial charge in [-0.2, -0.15) is 0 Å². The fourth-order valence-corrected chi connectivity index (χ4v) is 9.58. The van der Waals surface area contributed by atoms with Crippen molar-refractivity contribution in [1.29, 1.82) is 0 Å². The fraction of sp³-hybridized carbons (Fsp3) is 0.907. The van der Waals surface area contributed by atoms with Crippen molar-refractivity contribution in [1.82, 2.24) is 5.32 Å². The summed E-state index contributed by atoms with van der Waals surface area (Å²) in [5.74, 6) is -0.374. The summed E-state index contributed by atoms with van der Waals surface area (Å²) in [6, 6.07) is -0.983. The third kappa shape index (κ3) is 23.8. The van der Waals surface area contributed by atoms with E-state index in [1.54, 1.807) is 13.0 Å². The monoisotopic (exact) mass is 1050 g/mol. The molecule has 3 heterocycles. The van der Waals surface area contributed by atoms with E-state index in [4.69, 9.17) is 28.4 Å². The molecule has 19 heteroatoms. The summed E-state index contributed by atoms with van der Waals surface area (Å²) in [7, 11) is 0. The van der Waals surface area contributed by atoms with Crippen LogP contribution in [0.3, 0.4) is 0 Å². The molecule has 12 N–H and O–H groups in total. The molecule has 428 valence electrons.